The van der Waals surface area contributed by atoms with Gasteiger partial charge in [0.15, 0.2) is 5.13 Å². The Morgan fingerprint density at radius 3 is 2.50 bits per heavy atom. The quantitative estimate of drug-likeness (QED) is 0.686. The van der Waals surface area contributed by atoms with E-state index in [-0.39, 0.29) is 5.69 Å². The van der Waals surface area contributed by atoms with Crippen LogP contribution < -0.4 is 5.32 Å². The monoisotopic (exact) mass is 379 g/mol. The van der Waals surface area contributed by atoms with Crippen LogP contribution in [0.25, 0.3) is 5.69 Å². The molecular weight excluding hydrogens is 363 g/mol. The minimum atomic E-state index is -4.49. The first kappa shape index (κ1) is 18.2. The molecule has 2 heterocycles. The molecule has 0 aliphatic carbocycles. The fraction of sp³-hybridized carbons (Fsp3) is 0.222. The number of halogens is 3. The van der Waals surface area contributed by atoms with Crippen LogP contribution in [0.1, 0.15) is 33.0 Å². The summed E-state index contributed by atoms with van der Waals surface area (Å²) in [5.41, 5.74) is 1.33. The number of nitrogens with one attached hydrogen (secondary N) is 1. The van der Waals surface area contributed by atoms with E-state index in [0.29, 0.717) is 22.1 Å². The lowest BCUT2D eigenvalue weighted by atomic mass is 10.1. The van der Waals surface area contributed by atoms with Crippen molar-refractivity contribution >= 4 is 22.4 Å². The van der Waals surface area contributed by atoms with Gasteiger partial charge in [0, 0.05) is 16.8 Å². The molecule has 1 amide bonds. The van der Waals surface area contributed by atoms with E-state index in [1.54, 1.807) is 31.4 Å². The molecule has 0 saturated carbocycles. The minimum Gasteiger partial charge on any atom is -0.317 e. The normalized spacial score (nSPS) is 11.6. The summed E-state index contributed by atoms with van der Waals surface area (Å²) in [5.74, 6) is -0.400. The van der Waals surface area contributed by atoms with Gasteiger partial charge in [-0.25, -0.2) is 4.98 Å². The number of nitrogens with zero attached hydrogens (tertiary/aromatic N) is 2. The number of aryl methyl sites for hydroxylation is 2. The lowest BCUT2D eigenvalue weighted by molar-refractivity contribution is -0.137. The molecule has 0 spiro atoms. The zero-order valence-corrected chi connectivity index (χ0v) is 15.1. The number of amides is 1. The molecule has 0 aliphatic rings. The summed E-state index contributed by atoms with van der Waals surface area (Å²) < 4.78 is 41.5. The second-order valence-corrected chi connectivity index (χ2v) is 6.74. The van der Waals surface area contributed by atoms with Gasteiger partial charge >= 0.3 is 6.18 Å². The number of carbonyl (C=O) groups is 1. The van der Waals surface area contributed by atoms with E-state index in [2.05, 4.69) is 10.3 Å². The maximum absolute atomic E-state index is 13.4. The molecule has 8 heteroatoms. The maximum atomic E-state index is 13.4. The van der Waals surface area contributed by atoms with E-state index >= 15 is 0 Å². The highest BCUT2D eigenvalue weighted by Gasteiger charge is 2.34. The van der Waals surface area contributed by atoms with Gasteiger partial charge in [-0.3, -0.25) is 10.1 Å². The molecular formula is C18H16F3N3OS. The van der Waals surface area contributed by atoms with Crippen LogP contribution in [-0.2, 0) is 6.18 Å². The molecule has 1 N–H and O–H groups in total. The molecule has 136 valence electrons. The molecule has 3 rings (SSSR count). The Kier molecular flexibility index (Phi) is 4.62. The van der Waals surface area contributed by atoms with Crippen molar-refractivity contribution in [3.05, 3.63) is 63.9 Å². The summed E-state index contributed by atoms with van der Waals surface area (Å²) in [5, 5.41) is 4.95. The number of hydrogen-bond acceptors (Lipinski definition) is 3. The molecule has 26 heavy (non-hydrogen) atoms. The Labute approximate surface area is 152 Å². The third kappa shape index (κ3) is 3.37. The van der Waals surface area contributed by atoms with Crippen LogP contribution in [0.15, 0.2) is 35.7 Å². The van der Waals surface area contributed by atoms with Gasteiger partial charge in [0.1, 0.15) is 0 Å². The number of alkyl halides is 3. The standard InChI is InChI=1S/C18H16F3N3OS/c1-10-9-26-17(22-10)23-16(25)13-8-11(2)24(12(13)3)15-7-5-4-6-14(15)18(19,20)21/h4-9H,1-3H3,(H,22,23,25). The van der Waals surface area contributed by atoms with E-state index < -0.39 is 17.6 Å². The fourth-order valence-corrected chi connectivity index (χ4v) is 3.53. The van der Waals surface area contributed by atoms with Gasteiger partial charge in [-0.05, 0) is 39.0 Å². The minimum absolute atomic E-state index is 0.000793. The first-order valence-electron chi connectivity index (χ1n) is 7.77. The zero-order chi connectivity index (χ0) is 19.1. The summed E-state index contributed by atoms with van der Waals surface area (Å²) in [4.78, 5) is 16.7. The van der Waals surface area contributed by atoms with Gasteiger partial charge in [0.2, 0.25) is 0 Å². The Morgan fingerprint density at radius 1 is 1.19 bits per heavy atom. The molecule has 0 fully saturated rings. The molecule has 0 bridgehead atoms. The molecule has 2 aromatic heterocycles. The predicted octanol–water partition coefficient (Wildman–Crippen LogP) is 5.13. The van der Waals surface area contributed by atoms with E-state index in [1.807, 2.05) is 6.92 Å². The fourth-order valence-electron chi connectivity index (χ4n) is 2.85. The summed E-state index contributed by atoms with van der Waals surface area (Å²) in [6.07, 6.45) is -4.49. The SMILES string of the molecule is Cc1csc(NC(=O)c2cc(C)n(-c3ccccc3C(F)(F)F)c2C)n1. The highest BCUT2D eigenvalue weighted by Crippen LogP contribution is 2.35. The summed E-state index contributed by atoms with van der Waals surface area (Å²) >= 11 is 1.29. The molecule has 1 aromatic carbocycles. The van der Waals surface area contributed by atoms with Crippen molar-refractivity contribution in [3.8, 4) is 5.69 Å². The number of thiazole rings is 1. The lowest BCUT2D eigenvalue weighted by Gasteiger charge is -2.16. The van der Waals surface area contributed by atoms with Crippen molar-refractivity contribution in [2.75, 3.05) is 5.32 Å². The highest BCUT2D eigenvalue weighted by atomic mass is 32.1. The van der Waals surface area contributed by atoms with Crippen LogP contribution in [0.3, 0.4) is 0 Å². The molecule has 3 aromatic rings. The first-order chi connectivity index (χ1) is 12.2. The van der Waals surface area contributed by atoms with Crippen molar-refractivity contribution in [1.82, 2.24) is 9.55 Å². The summed E-state index contributed by atoms with van der Waals surface area (Å²) in [7, 11) is 0. The lowest BCUT2D eigenvalue weighted by Crippen LogP contribution is -2.14. The third-order valence-corrected chi connectivity index (χ3v) is 4.84. The Balaban J connectivity index is 2.03. The highest BCUT2D eigenvalue weighted by molar-refractivity contribution is 7.13. The average molecular weight is 379 g/mol. The number of carbonyl (C=O) groups excluding carboxylic acids is 1. The van der Waals surface area contributed by atoms with Crippen LogP contribution in [0, 0.1) is 20.8 Å². The number of hydrogen-bond donors (Lipinski definition) is 1. The number of rotatable bonds is 3. The number of para-hydroxylation sites is 1. The van der Waals surface area contributed by atoms with Gasteiger partial charge in [-0.15, -0.1) is 11.3 Å². The summed E-state index contributed by atoms with van der Waals surface area (Å²) in [6, 6.07) is 6.90. The molecule has 4 nitrogen and oxygen atoms in total. The molecule has 0 aliphatic heterocycles. The van der Waals surface area contributed by atoms with E-state index in [1.165, 1.54) is 28.0 Å². The van der Waals surface area contributed by atoms with Crippen molar-refractivity contribution in [2.45, 2.75) is 26.9 Å². The predicted molar refractivity (Wildman–Crippen MR) is 95.0 cm³/mol. The number of aromatic nitrogens is 2. The van der Waals surface area contributed by atoms with E-state index in [4.69, 9.17) is 0 Å². The maximum Gasteiger partial charge on any atom is 0.418 e. The van der Waals surface area contributed by atoms with Crippen molar-refractivity contribution < 1.29 is 18.0 Å². The van der Waals surface area contributed by atoms with Crippen LogP contribution >= 0.6 is 11.3 Å². The number of anilines is 1. The van der Waals surface area contributed by atoms with Gasteiger partial charge in [0.05, 0.1) is 22.5 Å². The van der Waals surface area contributed by atoms with Crippen molar-refractivity contribution in [1.29, 1.82) is 0 Å². The van der Waals surface area contributed by atoms with Gasteiger partial charge in [-0.2, -0.15) is 13.2 Å². The van der Waals surface area contributed by atoms with Gasteiger partial charge < -0.3 is 4.57 Å². The van der Waals surface area contributed by atoms with E-state index in [9.17, 15) is 18.0 Å². The van der Waals surface area contributed by atoms with Crippen LogP contribution in [0.5, 0.6) is 0 Å². The second kappa shape index (κ2) is 6.60. The number of benzene rings is 1. The Morgan fingerprint density at radius 2 is 1.88 bits per heavy atom. The first-order valence-corrected chi connectivity index (χ1v) is 8.65. The van der Waals surface area contributed by atoms with E-state index in [0.717, 1.165) is 11.8 Å². The third-order valence-electron chi connectivity index (χ3n) is 3.97. The van der Waals surface area contributed by atoms with Crippen LogP contribution in [-0.4, -0.2) is 15.5 Å². The largest absolute Gasteiger partial charge is 0.418 e. The topological polar surface area (TPSA) is 46.9 Å². The van der Waals surface area contributed by atoms with Crippen molar-refractivity contribution in [3.63, 3.8) is 0 Å². The smallest absolute Gasteiger partial charge is 0.317 e. The second-order valence-electron chi connectivity index (χ2n) is 5.88. The summed E-state index contributed by atoms with van der Waals surface area (Å²) in [6.45, 7) is 5.11. The van der Waals surface area contributed by atoms with Crippen molar-refractivity contribution in [2.24, 2.45) is 0 Å². The molecule has 0 atom stereocenters. The zero-order valence-electron chi connectivity index (χ0n) is 14.3. The average Bonchev–Trinajstić information content (AvgIpc) is 3.09. The van der Waals surface area contributed by atoms with Crippen LogP contribution in [0.4, 0.5) is 18.3 Å². The van der Waals surface area contributed by atoms with Crippen LogP contribution in [0.2, 0.25) is 0 Å². The Bertz CT molecular complexity index is 972. The molecule has 0 saturated heterocycles. The molecule has 0 radical (unpaired) electrons. The Hall–Kier alpha value is -2.61. The molecule has 0 unspecified atom stereocenters. The van der Waals surface area contributed by atoms with Gasteiger partial charge in [0.25, 0.3) is 5.91 Å². The van der Waals surface area contributed by atoms with Gasteiger partial charge in [-0.1, -0.05) is 12.1 Å².